The Balaban J connectivity index is 1.37. The normalized spacial score (nSPS) is 21.9. The predicted octanol–water partition coefficient (Wildman–Crippen LogP) is 2.85. The summed E-state index contributed by atoms with van der Waals surface area (Å²) < 4.78 is 1.84. The molecule has 2 aliphatic carbocycles. The zero-order valence-corrected chi connectivity index (χ0v) is 12.5. The first kappa shape index (κ1) is 13.5. The van der Waals surface area contributed by atoms with Gasteiger partial charge in [0.1, 0.15) is 0 Å². The molecule has 1 unspecified atom stereocenters. The number of carbonyl (C=O) groups excluding carboxylic acids is 1. The zero-order chi connectivity index (χ0) is 15.0. The summed E-state index contributed by atoms with van der Waals surface area (Å²) in [7, 11) is 0. The fraction of sp³-hybridized carbons (Fsp3) is 0.471. The van der Waals surface area contributed by atoms with Gasteiger partial charge in [0.15, 0.2) is 0 Å². The Morgan fingerprint density at radius 1 is 1.32 bits per heavy atom. The maximum absolute atomic E-state index is 12.3. The van der Waals surface area contributed by atoms with E-state index in [9.17, 15) is 4.79 Å². The van der Waals surface area contributed by atoms with Gasteiger partial charge in [0.25, 0.3) is 0 Å². The van der Waals surface area contributed by atoms with Crippen LogP contribution in [0.5, 0.6) is 0 Å². The molecule has 114 valence electrons. The lowest BCUT2D eigenvalue weighted by Crippen LogP contribution is -2.17. The van der Waals surface area contributed by atoms with Crippen LogP contribution in [0, 0.1) is 11.3 Å². The van der Waals surface area contributed by atoms with E-state index < -0.39 is 0 Å². The van der Waals surface area contributed by atoms with Crippen molar-refractivity contribution in [3.8, 4) is 0 Å². The number of carbonyl (C=O) groups is 1. The van der Waals surface area contributed by atoms with Crippen LogP contribution in [-0.2, 0) is 11.3 Å². The predicted molar refractivity (Wildman–Crippen MR) is 83.2 cm³/mol. The molecule has 1 atom stereocenters. The van der Waals surface area contributed by atoms with Crippen molar-refractivity contribution >= 4 is 11.6 Å². The maximum atomic E-state index is 12.3. The summed E-state index contributed by atoms with van der Waals surface area (Å²) in [6, 6.07) is 3.93. The monoisotopic (exact) mass is 296 g/mol. The lowest BCUT2D eigenvalue weighted by Gasteiger charge is -2.07. The van der Waals surface area contributed by atoms with Gasteiger partial charge < -0.3 is 5.32 Å². The van der Waals surface area contributed by atoms with E-state index in [1.807, 2.05) is 23.0 Å². The fourth-order valence-electron chi connectivity index (χ4n) is 3.77. The van der Waals surface area contributed by atoms with Gasteiger partial charge >= 0.3 is 0 Å². The third kappa shape index (κ3) is 2.51. The van der Waals surface area contributed by atoms with Crippen molar-refractivity contribution < 1.29 is 4.79 Å². The molecule has 22 heavy (non-hydrogen) atoms. The third-order valence-electron chi connectivity index (χ3n) is 5.10. The van der Waals surface area contributed by atoms with Crippen LogP contribution in [0.25, 0.3) is 0 Å². The Morgan fingerprint density at radius 2 is 2.09 bits per heavy atom. The van der Waals surface area contributed by atoms with Crippen LogP contribution in [0.2, 0.25) is 0 Å². The summed E-state index contributed by atoms with van der Waals surface area (Å²) in [5, 5.41) is 7.34. The number of hydrogen-bond acceptors (Lipinski definition) is 3. The molecule has 0 saturated heterocycles. The van der Waals surface area contributed by atoms with Crippen molar-refractivity contribution in [2.45, 2.75) is 38.6 Å². The molecule has 1 amide bonds. The Hall–Kier alpha value is -2.17. The number of pyridine rings is 1. The largest absolute Gasteiger partial charge is 0.323 e. The number of hydrogen-bond donors (Lipinski definition) is 1. The van der Waals surface area contributed by atoms with Gasteiger partial charge in [-0.1, -0.05) is 12.8 Å². The molecule has 2 saturated carbocycles. The molecule has 5 heteroatoms. The molecule has 2 aromatic heterocycles. The fourth-order valence-corrected chi connectivity index (χ4v) is 3.77. The minimum absolute atomic E-state index is 0.172. The lowest BCUT2D eigenvalue weighted by molar-refractivity contribution is -0.118. The molecule has 0 aromatic carbocycles. The second kappa shape index (κ2) is 5.23. The maximum Gasteiger partial charge on any atom is 0.228 e. The lowest BCUT2D eigenvalue weighted by atomic mass is 10.0. The molecule has 2 aliphatic rings. The molecule has 0 radical (unpaired) electrons. The highest BCUT2D eigenvalue weighted by Crippen LogP contribution is 2.63. The first-order valence-corrected chi connectivity index (χ1v) is 7.97. The SMILES string of the molecule is O=C(Nc1cnn(Cc2ccncc2)c1)C1CC12CCCC2. The van der Waals surface area contributed by atoms with Crippen molar-refractivity contribution in [3.63, 3.8) is 0 Å². The highest BCUT2D eigenvalue weighted by molar-refractivity contribution is 5.94. The molecule has 2 heterocycles. The number of aromatic nitrogens is 3. The van der Waals surface area contributed by atoms with Crippen LogP contribution in [0.3, 0.4) is 0 Å². The van der Waals surface area contributed by atoms with Crippen molar-refractivity contribution in [1.29, 1.82) is 0 Å². The summed E-state index contributed by atoms with van der Waals surface area (Å²) in [5.41, 5.74) is 2.28. The second-order valence-corrected chi connectivity index (χ2v) is 6.60. The average molecular weight is 296 g/mol. The van der Waals surface area contributed by atoms with Gasteiger partial charge in [0.2, 0.25) is 5.91 Å². The van der Waals surface area contributed by atoms with Gasteiger partial charge in [-0.15, -0.1) is 0 Å². The summed E-state index contributed by atoms with van der Waals surface area (Å²) in [6.07, 6.45) is 13.3. The second-order valence-electron chi connectivity index (χ2n) is 6.60. The Bertz CT molecular complexity index is 673. The molecule has 0 aliphatic heterocycles. The van der Waals surface area contributed by atoms with E-state index in [-0.39, 0.29) is 11.8 Å². The van der Waals surface area contributed by atoms with Gasteiger partial charge in [0, 0.05) is 24.5 Å². The smallest absolute Gasteiger partial charge is 0.228 e. The molecule has 1 spiro atoms. The first-order chi connectivity index (χ1) is 10.8. The standard InChI is InChI=1S/C17H20N4O/c22-16(15-9-17(15)5-1-2-6-17)20-14-10-19-21(12-14)11-13-3-7-18-8-4-13/h3-4,7-8,10,12,15H,1-2,5-6,9,11H2,(H,20,22). The summed E-state index contributed by atoms with van der Waals surface area (Å²) in [6.45, 7) is 0.686. The molecular weight excluding hydrogens is 276 g/mol. The molecule has 0 bridgehead atoms. The number of anilines is 1. The van der Waals surface area contributed by atoms with E-state index in [4.69, 9.17) is 0 Å². The Morgan fingerprint density at radius 3 is 2.86 bits per heavy atom. The number of rotatable bonds is 4. The molecule has 1 N–H and O–H groups in total. The van der Waals surface area contributed by atoms with Crippen LogP contribution < -0.4 is 5.32 Å². The van der Waals surface area contributed by atoms with Crippen molar-refractivity contribution in [2.24, 2.45) is 11.3 Å². The molecular formula is C17H20N4O. The van der Waals surface area contributed by atoms with Gasteiger partial charge in [-0.05, 0) is 42.4 Å². The number of nitrogens with one attached hydrogen (secondary N) is 1. The van der Waals surface area contributed by atoms with Gasteiger partial charge in [-0.2, -0.15) is 5.10 Å². The zero-order valence-electron chi connectivity index (χ0n) is 12.5. The average Bonchev–Trinajstić information content (AvgIpc) is 2.84. The topological polar surface area (TPSA) is 59.8 Å². The van der Waals surface area contributed by atoms with Crippen LogP contribution in [0.1, 0.15) is 37.7 Å². The van der Waals surface area contributed by atoms with Crippen molar-refractivity contribution in [3.05, 3.63) is 42.5 Å². The quantitative estimate of drug-likeness (QED) is 0.943. The van der Waals surface area contributed by atoms with Gasteiger partial charge in [0.05, 0.1) is 18.4 Å². The number of nitrogens with zero attached hydrogens (tertiary/aromatic N) is 3. The summed E-state index contributed by atoms with van der Waals surface area (Å²) >= 11 is 0. The van der Waals surface area contributed by atoms with E-state index in [0.29, 0.717) is 12.0 Å². The highest BCUT2D eigenvalue weighted by atomic mass is 16.2. The van der Waals surface area contributed by atoms with E-state index in [1.165, 1.54) is 25.7 Å². The van der Waals surface area contributed by atoms with Crippen molar-refractivity contribution in [1.82, 2.24) is 14.8 Å². The van der Waals surface area contributed by atoms with E-state index in [0.717, 1.165) is 17.7 Å². The highest BCUT2D eigenvalue weighted by Gasteiger charge is 2.58. The van der Waals surface area contributed by atoms with E-state index in [2.05, 4.69) is 15.4 Å². The Kier molecular flexibility index (Phi) is 3.21. The summed E-state index contributed by atoms with van der Waals surface area (Å²) in [5.74, 6) is 0.393. The van der Waals surface area contributed by atoms with E-state index >= 15 is 0 Å². The minimum Gasteiger partial charge on any atom is -0.323 e. The van der Waals surface area contributed by atoms with Gasteiger partial charge in [-0.3, -0.25) is 14.5 Å². The molecule has 4 rings (SSSR count). The minimum atomic E-state index is 0.172. The van der Waals surface area contributed by atoms with E-state index in [1.54, 1.807) is 18.6 Å². The number of amides is 1. The first-order valence-electron chi connectivity index (χ1n) is 7.97. The molecule has 2 aromatic rings. The van der Waals surface area contributed by atoms with Crippen LogP contribution in [0.4, 0.5) is 5.69 Å². The Labute approximate surface area is 129 Å². The third-order valence-corrected chi connectivity index (χ3v) is 5.10. The van der Waals surface area contributed by atoms with Gasteiger partial charge in [-0.25, -0.2) is 0 Å². The van der Waals surface area contributed by atoms with Crippen molar-refractivity contribution in [2.75, 3.05) is 5.32 Å². The van der Waals surface area contributed by atoms with Crippen LogP contribution in [0.15, 0.2) is 36.9 Å². The molecule has 5 nitrogen and oxygen atoms in total. The van der Waals surface area contributed by atoms with Crippen LogP contribution >= 0.6 is 0 Å². The van der Waals surface area contributed by atoms with Crippen LogP contribution in [-0.4, -0.2) is 20.7 Å². The summed E-state index contributed by atoms with van der Waals surface area (Å²) in [4.78, 5) is 16.4. The molecule has 2 fully saturated rings.